The smallest absolute Gasteiger partial charge is 0.217 e. The maximum absolute atomic E-state index is 10.6. The second-order valence-corrected chi connectivity index (χ2v) is 3.68. The molecule has 1 rings (SSSR count). The number of nitrogens with one attached hydrogen (secondary N) is 1. The summed E-state index contributed by atoms with van der Waals surface area (Å²) in [5.41, 5.74) is 14.6. The van der Waals surface area contributed by atoms with Gasteiger partial charge < -0.3 is 16.8 Å². The minimum absolute atomic E-state index is 0.0438. The lowest BCUT2D eigenvalue weighted by Crippen LogP contribution is -2.19. The number of carbonyl (C=O) groups excluding carboxylic acids is 1. The van der Waals surface area contributed by atoms with Crippen LogP contribution in [0.1, 0.15) is 18.1 Å². The molecule has 0 aliphatic heterocycles. The molecular weight excluding hydrogens is 202 g/mol. The van der Waals surface area contributed by atoms with Crippen LogP contribution in [0.5, 0.6) is 0 Å². The molecular formula is C12H17N3O. The molecule has 4 heteroatoms. The van der Waals surface area contributed by atoms with Gasteiger partial charge in [0.05, 0.1) is 11.4 Å². The number of amides is 1. The fourth-order valence-corrected chi connectivity index (χ4v) is 1.35. The fraction of sp³-hybridized carbons (Fsp3) is 0.250. The Kier molecular flexibility index (Phi) is 3.94. The van der Waals surface area contributed by atoms with Crippen LogP contribution in [0.2, 0.25) is 0 Å². The van der Waals surface area contributed by atoms with Gasteiger partial charge in [-0.05, 0) is 30.2 Å². The largest absolute Gasteiger partial charge is 0.397 e. The number of hydrogen-bond acceptors (Lipinski definition) is 3. The lowest BCUT2D eigenvalue weighted by atomic mass is 10.1. The maximum Gasteiger partial charge on any atom is 0.217 e. The molecule has 0 spiro atoms. The summed E-state index contributed by atoms with van der Waals surface area (Å²) in [4.78, 5) is 10.6. The van der Waals surface area contributed by atoms with Gasteiger partial charge in [-0.2, -0.15) is 0 Å². The molecule has 0 aliphatic rings. The van der Waals surface area contributed by atoms with Gasteiger partial charge in [-0.1, -0.05) is 12.2 Å². The van der Waals surface area contributed by atoms with Crippen LogP contribution in [0.4, 0.5) is 11.4 Å². The predicted octanol–water partition coefficient (Wildman–Crippen LogP) is 1.31. The predicted molar refractivity (Wildman–Crippen MR) is 67.7 cm³/mol. The molecule has 0 atom stereocenters. The van der Waals surface area contributed by atoms with Crippen molar-refractivity contribution < 1.29 is 4.79 Å². The number of rotatable bonds is 3. The van der Waals surface area contributed by atoms with E-state index in [1.807, 2.05) is 31.2 Å². The first-order valence-electron chi connectivity index (χ1n) is 5.07. The zero-order chi connectivity index (χ0) is 12.1. The first kappa shape index (κ1) is 12.1. The lowest BCUT2D eigenvalue weighted by Gasteiger charge is -2.05. The summed E-state index contributed by atoms with van der Waals surface area (Å²) in [5, 5.41) is 2.67. The quantitative estimate of drug-likeness (QED) is 0.670. The van der Waals surface area contributed by atoms with E-state index in [1.54, 1.807) is 0 Å². The highest BCUT2D eigenvalue weighted by Gasteiger charge is 1.99. The Morgan fingerprint density at radius 1 is 1.44 bits per heavy atom. The molecule has 5 N–H and O–H groups in total. The van der Waals surface area contributed by atoms with Crippen molar-refractivity contribution in [2.45, 2.75) is 13.8 Å². The molecule has 0 heterocycles. The van der Waals surface area contributed by atoms with Crippen LogP contribution in [0.25, 0.3) is 6.08 Å². The Morgan fingerprint density at radius 2 is 2.12 bits per heavy atom. The Balaban J connectivity index is 2.71. The van der Waals surface area contributed by atoms with E-state index in [-0.39, 0.29) is 5.91 Å². The highest BCUT2D eigenvalue weighted by molar-refractivity contribution is 5.74. The summed E-state index contributed by atoms with van der Waals surface area (Å²) < 4.78 is 0. The third-order valence-electron chi connectivity index (χ3n) is 2.22. The molecule has 86 valence electrons. The van der Waals surface area contributed by atoms with E-state index in [0.717, 1.165) is 11.1 Å². The van der Waals surface area contributed by atoms with Gasteiger partial charge in [0.25, 0.3) is 0 Å². The lowest BCUT2D eigenvalue weighted by molar-refractivity contribution is -0.118. The van der Waals surface area contributed by atoms with E-state index in [1.165, 1.54) is 6.92 Å². The number of benzene rings is 1. The molecule has 1 aromatic carbocycles. The molecule has 0 radical (unpaired) electrons. The van der Waals surface area contributed by atoms with Crippen molar-refractivity contribution in [2.24, 2.45) is 0 Å². The van der Waals surface area contributed by atoms with Gasteiger partial charge in [0, 0.05) is 13.5 Å². The van der Waals surface area contributed by atoms with Crippen molar-refractivity contribution in [3.63, 3.8) is 0 Å². The van der Waals surface area contributed by atoms with E-state index in [4.69, 9.17) is 11.5 Å². The third kappa shape index (κ3) is 3.31. The fourth-order valence-electron chi connectivity index (χ4n) is 1.35. The topological polar surface area (TPSA) is 81.1 Å². The summed E-state index contributed by atoms with van der Waals surface area (Å²) in [5.74, 6) is -0.0438. The molecule has 0 saturated carbocycles. The van der Waals surface area contributed by atoms with E-state index < -0.39 is 0 Å². The Morgan fingerprint density at radius 3 is 2.69 bits per heavy atom. The molecule has 1 amide bonds. The van der Waals surface area contributed by atoms with Gasteiger partial charge in [-0.15, -0.1) is 0 Å². The van der Waals surface area contributed by atoms with Gasteiger partial charge in [-0.25, -0.2) is 0 Å². The highest BCUT2D eigenvalue weighted by atomic mass is 16.1. The van der Waals surface area contributed by atoms with Gasteiger partial charge in [-0.3, -0.25) is 4.79 Å². The van der Waals surface area contributed by atoms with Crippen molar-refractivity contribution in [1.29, 1.82) is 0 Å². The van der Waals surface area contributed by atoms with Crippen LogP contribution in [-0.4, -0.2) is 12.5 Å². The summed E-state index contributed by atoms with van der Waals surface area (Å²) in [6.07, 6.45) is 3.77. The summed E-state index contributed by atoms with van der Waals surface area (Å²) >= 11 is 0. The van der Waals surface area contributed by atoms with Gasteiger partial charge in [0.15, 0.2) is 0 Å². The Bertz CT molecular complexity index is 401. The summed E-state index contributed by atoms with van der Waals surface area (Å²) in [6.45, 7) is 3.91. The van der Waals surface area contributed by atoms with Crippen molar-refractivity contribution in [3.8, 4) is 0 Å². The zero-order valence-electron chi connectivity index (χ0n) is 9.58. The molecule has 0 aliphatic carbocycles. The number of aryl methyl sites for hydroxylation is 1. The van der Waals surface area contributed by atoms with Crippen LogP contribution in [0.3, 0.4) is 0 Å². The van der Waals surface area contributed by atoms with Gasteiger partial charge in [0.1, 0.15) is 0 Å². The Hall–Kier alpha value is -1.97. The van der Waals surface area contributed by atoms with Gasteiger partial charge >= 0.3 is 0 Å². The van der Waals surface area contributed by atoms with Crippen LogP contribution < -0.4 is 16.8 Å². The van der Waals surface area contributed by atoms with Crippen molar-refractivity contribution >= 4 is 23.4 Å². The highest BCUT2D eigenvalue weighted by Crippen LogP contribution is 2.22. The molecule has 1 aromatic rings. The van der Waals surface area contributed by atoms with E-state index in [0.29, 0.717) is 17.9 Å². The van der Waals surface area contributed by atoms with Crippen molar-refractivity contribution in [2.75, 3.05) is 18.0 Å². The number of anilines is 2. The molecule has 16 heavy (non-hydrogen) atoms. The molecule has 0 unspecified atom stereocenters. The average molecular weight is 219 g/mol. The second-order valence-electron chi connectivity index (χ2n) is 3.68. The first-order chi connectivity index (χ1) is 7.50. The summed E-state index contributed by atoms with van der Waals surface area (Å²) in [7, 11) is 0. The first-order valence-corrected chi connectivity index (χ1v) is 5.07. The third-order valence-corrected chi connectivity index (χ3v) is 2.22. The number of hydrogen-bond donors (Lipinski definition) is 3. The number of nitrogens with two attached hydrogens (primary N) is 2. The normalized spacial score (nSPS) is 10.6. The molecule has 0 saturated heterocycles. The molecule has 0 aromatic heterocycles. The minimum Gasteiger partial charge on any atom is -0.397 e. The second kappa shape index (κ2) is 5.21. The van der Waals surface area contributed by atoms with Crippen LogP contribution >= 0.6 is 0 Å². The standard InChI is InChI=1S/C12H17N3O/c1-8-6-10(7-11(13)12(8)14)4-3-5-15-9(2)16/h3-4,6-7H,5,13-14H2,1-2H3,(H,15,16). The van der Waals surface area contributed by atoms with E-state index in [9.17, 15) is 4.79 Å². The van der Waals surface area contributed by atoms with Crippen molar-refractivity contribution in [1.82, 2.24) is 5.32 Å². The monoisotopic (exact) mass is 219 g/mol. The number of carbonyl (C=O) groups is 1. The summed E-state index contributed by atoms with van der Waals surface area (Å²) in [6, 6.07) is 3.77. The molecule has 4 nitrogen and oxygen atoms in total. The van der Waals surface area contributed by atoms with E-state index >= 15 is 0 Å². The number of nitrogen functional groups attached to an aromatic ring is 2. The average Bonchev–Trinajstić information content (AvgIpc) is 2.20. The minimum atomic E-state index is -0.0438. The van der Waals surface area contributed by atoms with Crippen LogP contribution in [0, 0.1) is 6.92 Å². The van der Waals surface area contributed by atoms with E-state index in [2.05, 4.69) is 5.32 Å². The van der Waals surface area contributed by atoms with Crippen molar-refractivity contribution in [3.05, 3.63) is 29.3 Å². The van der Waals surface area contributed by atoms with Crippen LogP contribution in [0.15, 0.2) is 18.2 Å². The maximum atomic E-state index is 10.6. The molecule has 0 fully saturated rings. The zero-order valence-corrected chi connectivity index (χ0v) is 9.58. The SMILES string of the molecule is CC(=O)NCC=Cc1cc(C)c(N)c(N)c1. The Labute approximate surface area is 95.3 Å². The molecule has 0 bridgehead atoms. The van der Waals surface area contributed by atoms with Crippen LogP contribution in [-0.2, 0) is 4.79 Å². The van der Waals surface area contributed by atoms with Gasteiger partial charge in [0.2, 0.25) is 5.91 Å².